The molecule has 122 valence electrons. The van der Waals surface area contributed by atoms with Crippen LogP contribution in [0.2, 0.25) is 0 Å². The van der Waals surface area contributed by atoms with Gasteiger partial charge in [-0.2, -0.15) is 14.9 Å². The van der Waals surface area contributed by atoms with E-state index in [1.165, 1.54) is 23.0 Å². The Hall–Kier alpha value is -3.13. The van der Waals surface area contributed by atoms with E-state index < -0.39 is 0 Å². The van der Waals surface area contributed by atoms with Crippen molar-refractivity contribution in [2.45, 2.75) is 0 Å². The zero-order valence-corrected chi connectivity index (χ0v) is 13.5. The molecular weight excluding hydrogens is 328 g/mol. The maximum absolute atomic E-state index is 9.82. The van der Waals surface area contributed by atoms with Gasteiger partial charge >= 0.3 is 0 Å². The number of aromatic hydroxyl groups is 2. The SMILES string of the molecule is COc1cccc(-c2n[nH]c(=S)n2N=Cc2ccc(O)cc2O)c1. The van der Waals surface area contributed by atoms with E-state index in [-0.39, 0.29) is 11.5 Å². The fourth-order valence-corrected chi connectivity index (χ4v) is 2.29. The molecule has 0 aliphatic carbocycles. The maximum atomic E-state index is 9.82. The third-order valence-corrected chi connectivity index (χ3v) is 3.57. The fraction of sp³-hybridized carbons (Fsp3) is 0.0625. The molecule has 0 aliphatic rings. The van der Waals surface area contributed by atoms with Gasteiger partial charge in [-0.05, 0) is 36.5 Å². The van der Waals surface area contributed by atoms with Gasteiger partial charge in [0.1, 0.15) is 17.2 Å². The van der Waals surface area contributed by atoms with Gasteiger partial charge in [-0.15, -0.1) is 0 Å². The first-order valence-electron chi connectivity index (χ1n) is 6.96. The molecule has 1 aromatic heterocycles. The molecule has 0 saturated carbocycles. The molecule has 0 aliphatic heterocycles. The summed E-state index contributed by atoms with van der Waals surface area (Å²) in [6.07, 6.45) is 1.43. The highest BCUT2D eigenvalue weighted by atomic mass is 32.1. The zero-order valence-electron chi connectivity index (χ0n) is 12.7. The third-order valence-electron chi connectivity index (χ3n) is 3.30. The van der Waals surface area contributed by atoms with Crippen molar-refractivity contribution in [2.24, 2.45) is 5.10 Å². The highest BCUT2D eigenvalue weighted by Gasteiger charge is 2.09. The van der Waals surface area contributed by atoms with Gasteiger partial charge in [0.25, 0.3) is 0 Å². The number of hydrogen-bond acceptors (Lipinski definition) is 6. The number of aromatic amines is 1. The Morgan fingerprint density at radius 3 is 2.83 bits per heavy atom. The summed E-state index contributed by atoms with van der Waals surface area (Å²) in [5.41, 5.74) is 1.21. The Balaban J connectivity index is 2.01. The van der Waals surface area contributed by atoms with Gasteiger partial charge in [0.15, 0.2) is 5.82 Å². The number of nitrogens with one attached hydrogen (secondary N) is 1. The molecule has 0 spiro atoms. The highest BCUT2D eigenvalue weighted by Crippen LogP contribution is 2.23. The molecule has 7 nitrogen and oxygen atoms in total. The van der Waals surface area contributed by atoms with Gasteiger partial charge in [-0.3, -0.25) is 0 Å². The molecule has 0 fully saturated rings. The van der Waals surface area contributed by atoms with Crippen molar-refractivity contribution in [2.75, 3.05) is 7.11 Å². The van der Waals surface area contributed by atoms with Crippen molar-refractivity contribution < 1.29 is 14.9 Å². The Morgan fingerprint density at radius 2 is 2.08 bits per heavy atom. The van der Waals surface area contributed by atoms with Crippen molar-refractivity contribution >= 4 is 18.4 Å². The molecule has 3 N–H and O–H groups in total. The van der Waals surface area contributed by atoms with Crippen molar-refractivity contribution in [3.05, 3.63) is 52.8 Å². The van der Waals surface area contributed by atoms with Crippen LogP contribution in [-0.2, 0) is 0 Å². The van der Waals surface area contributed by atoms with Crippen molar-refractivity contribution in [1.82, 2.24) is 14.9 Å². The Labute approximate surface area is 142 Å². The number of hydrogen-bond donors (Lipinski definition) is 3. The van der Waals surface area contributed by atoms with E-state index in [0.29, 0.717) is 21.9 Å². The van der Waals surface area contributed by atoms with E-state index in [4.69, 9.17) is 17.0 Å². The summed E-state index contributed by atoms with van der Waals surface area (Å²) in [6.45, 7) is 0. The second-order valence-electron chi connectivity index (χ2n) is 4.88. The molecule has 0 radical (unpaired) electrons. The van der Waals surface area contributed by atoms with E-state index in [1.807, 2.05) is 24.3 Å². The second kappa shape index (κ2) is 6.55. The van der Waals surface area contributed by atoms with E-state index in [0.717, 1.165) is 5.56 Å². The summed E-state index contributed by atoms with van der Waals surface area (Å²) in [5, 5.41) is 30.3. The van der Waals surface area contributed by atoms with E-state index in [9.17, 15) is 10.2 Å². The minimum Gasteiger partial charge on any atom is -0.508 e. The molecule has 2 aromatic carbocycles. The topological polar surface area (TPSA) is 95.7 Å². The lowest BCUT2D eigenvalue weighted by Crippen LogP contribution is -1.95. The molecule has 3 aromatic rings. The molecule has 3 rings (SSSR count). The highest BCUT2D eigenvalue weighted by molar-refractivity contribution is 7.71. The van der Waals surface area contributed by atoms with Crippen LogP contribution in [0.3, 0.4) is 0 Å². The van der Waals surface area contributed by atoms with E-state index in [1.54, 1.807) is 13.2 Å². The van der Waals surface area contributed by atoms with Crippen LogP contribution in [0.25, 0.3) is 11.4 Å². The van der Waals surface area contributed by atoms with Gasteiger partial charge in [0, 0.05) is 17.2 Å². The third kappa shape index (κ3) is 3.13. The lowest BCUT2D eigenvalue weighted by Gasteiger charge is -2.04. The largest absolute Gasteiger partial charge is 0.508 e. The van der Waals surface area contributed by atoms with Crippen LogP contribution in [0.4, 0.5) is 0 Å². The first kappa shape index (κ1) is 15.8. The van der Waals surface area contributed by atoms with Crippen LogP contribution >= 0.6 is 12.2 Å². The summed E-state index contributed by atoms with van der Waals surface area (Å²) >= 11 is 5.20. The zero-order chi connectivity index (χ0) is 17.1. The van der Waals surface area contributed by atoms with Crippen LogP contribution in [0.1, 0.15) is 5.56 Å². The first-order chi connectivity index (χ1) is 11.6. The molecule has 0 atom stereocenters. The molecule has 0 amide bonds. The number of phenols is 2. The van der Waals surface area contributed by atoms with E-state index >= 15 is 0 Å². The van der Waals surface area contributed by atoms with Crippen LogP contribution in [0.5, 0.6) is 17.2 Å². The first-order valence-corrected chi connectivity index (χ1v) is 7.37. The van der Waals surface area contributed by atoms with Crippen molar-refractivity contribution in [3.63, 3.8) is 0 Å². The molecule has 0 unspecified atom stereocenters. The Morgan fingerprint density at radius 1 is 1.25 bits per heavy atom. The standard InChI is InChI=1S/C16H14N4O3S/c1-23-13-4-2-3-10(7-13)15-18-19-16(24)20(15)17-9-11-5-6-12(21)8-14(11)22/h2-9,21-22H,1H3,(H,19,24). The maximum Gasteiger partial charge on any atom is 0.216 e. The number of H-pyrrole nitrogens is 1. The monoisotopic (exact) mass is 342 g/mol. The molecule has 0 saturated heterocycles. The predicted octanol–water partition coefficient (Wildman–Crippen LogP) is 2.91. The number of methoxy groups -OCH3 is 1. The molecule has 0 bridgehead atoms. The van der Waals surface area contributed by atoms with E-state index in [2.05, 4.69) is 15.3 Å². The van der Waals surface area contributed by atoms with Crippen LogP contribution in [0.15, 0.2) is 47.6 Å². The second-order valence-corrected chi connectivity index (χ2v) is 5.27. The number of rotatable bonds is 4. The molecule has 1 heterocycles. The summed E-state index contributed by atoms with van der Waals surface area (Å²) in [7, 11) is 1.59. The van der Waals surface area contributed by atoms with Gasteiger partial charge in [-0.1, -0.05) is 12.1 Å². The van der Waals surface area contributed by atoms with Gasteiger partial charge in [-0.25, -0.2) is 5.10 Å². The lowest BCUT2D eigenvalue weighted by molar-refractivity contribution is 0.415. The van der Waals surface area contributed by atoms with Crippen LogP contribution in [0, 0.1) is 4.77 Å². The van der Waals surface area contributed by atoms with Crippen LogP contribution in [-0.4, -0.2) is 38.4 Å². The summed E-state index contributed by atoms with van der Waals surface area (Å²) in [4.78, 5) is 0. The van der Waals surface area contributed by atoms with Gasteiger partial charge in [0.2, 0.25) is 4.77 Å². The van der Waals surface area contributed by atoms with Crippen molar-refractivity contribution in [3.8, 4) is 28.6 Å². The number of aromatic nitrogens is 3. The van der Waals surface area contributed by atoms with Crippen LogP contribution < -0.4 is 4.74 Å². The lowest BCUT2D eigenvalue weighted by atomic mass is 10.2. The van der Waals surface area contributed by atoms with Gasteiger partial charge in [0.05, 0.1) is 13.3 Å². The number of nitrogens with zero attached hydrogens (tertiary/aromatic N) is 3. The summed E-state index contributed by atoms with van der Waals surface area (Å²) in [6, 6.07) is 11.6. The summed E-state index contributed by atoms with van der Waals surface area (Å²) in [5.74, 6) is 1.08. The average molecular weight is 342 g/mol. The Bertz CT molecular complexity index is 962. The minimum atomic E-state index is -0.0864. The predicted molar refractivity (Wildman–Crippen MR) is 92.2 cm³/mol. The average Bonchev–Trinajstić information content (AvgIpc) is 2.95. The number of benzene rings is 2. The smallest absolute Gasteiger partial charge is 0.216 e. The quantitative estimate of drug-likeness (QED) is 0.500. The molecule has 8 heteroatoms. The number of ether oxygens (including phenoxy) is 1. The normalized spacial score (nSPS) is 11.0. The molecule has 24 heavy (non-hydrogen) atoms. The summed E-state index contributed by atoms with van der Waals surface area (Å²) < 4.78 is 6.96. The van der Waals surface area contributed by atoms with Gasteiger partial charge < -0.3 is 14.9 Å². The minimum absolute atomic E-state index is 0.0263. The number of phenolic OH excluding ortho intramolecular Hbond substituents is 2. The fourth-order valence-electron chi connectivity index (χ4n) is 2.11. The Kier molecular flexibility index (Phi) is 4.30. The molecular formula is C16H14N4O3S. The van der Waals surface area contributed by atoms with Crippen molar-refractivity contribution in [1.29, 1.82) is 0 Å².